The van der Waals surface area contributed by atoms with Gasteiger partial charge in [-0.2, -0.15) is 0 Å². The molecule has 0 aromatic heterocycles. The first-order valence-corrected chi connectivity index (χ1v) is 8.81. The molecule has 0 radical (unpaired) electrons. The van der Waals surface area contributed by atoms with Crippen LogP contribution in [-0.4, -0.2) is 0 Å². The quantitative estimate of drug-likeness (QED) is 0.658. The zero-order valence-electron chi connectivity index (χ0n) is 2.03. The second-order valence-corrected chi connectivity index (χ2v) is 9.98. The summed E-state index contributed by atoms with van der Waals surface area (Å²) in [6, 6.07) is 0. The molecule has 1 nitrogen and oxygen atoms in total. The Labute approximate surface area is 48.5 Å². The predicted molar refractivity (Wildman–Crippen MR) is 22.8 cm³/mol. The Bertz CT molecular complexity index is 11.6. The second kappa shape index (κ2) is 5.52. The van der Waals surface area contributed by atoms with Gasteiger partial charge in [-0.15, -0.1) is 0 Å². The molecule has 2 N–H and O–H groups in total. The molecule has 0 aliphatic carbocycles. The number of hydrogen-bond acceptors (Lipinski definition) is 0. The normalized spacial score (nSPS) is 9.00. The Morgan fingerprint density at radius 3 is 1.00 bits per heavy atom. The van der Waals surface area contributed by atoms with E-state index in [2.05, 4.69) is 0 Å². The monoisotopic (exact) mass is 316 g/mol. The van der Waals surface area contributed by atoms with E-state index in [1.807, 2.05) is 0 Å². The molecular formula is H2Cl3NPt-. The smallest absolute Gasteiger partial charge is 0.693 e. The van der Waals surface area contributed by atoms with Gasteiger partial charge >= 0.3 is 42.4 Å². The molecule has 5 heavy (non-hydrogen) atoms. The molecule has 5 heteroatoms. The van der Waals surface area contributed by atoms with Crippen LogP contribution in [0.15, 0.2) is 0 Å². The summed E-state index contributed by atoms with van der Waals surface area (Å²) in [4.78, 5) is 0. The standard InChI is InChI=1S/3ClH.H2N.Pt/h3*1H;1H2;/q;;;-1;+3/p-3. The van der Waals surface area contributed by atoms with Crippen LogP contribution in [0.2, 0.25) is 0 Å². The van der Waals surface area contributed by atoms with E-state index in [9.17, 15) is 0 Å². The third-order valence-electron chi connectivity index (χ3n) is 0. The summed E-state index contributed by atoms with van der Waals surface area (Å²) in [6.07, 6.45) is 0. The van der Waals surface area contributed by atoms with Crippen LogP contribution in [0.4, 0.5) is 0 Å². The first kappa shape index (κ1) is 9.72. The molecule has 0 heterocycles. The van der Waals surface area contributed by atoms with Crippen molar-refractivity contribution in [3.8, 4) is 0 Å². The molecular weight excluding hydrogens is 315 g/mol. The van der Waals surface area contributed by atoms with E-state index >= 15 is 0 Å². The molecule has 0 aliphatic heterocycles. The molecule has 0 spiro atoms. The molecule has 0 amide bonds. The van der Waals surface area contributed by atoms with Crippen molar-refractivity contribution in [2.45, 2.75) is 0 Å². The molecule has 39 valence electrons. The van der Waals surface area contributed by atoms with Gasteiger partial charge in [0.25, 0.3) is 0 Å². The van der Waals surface area contributed by atoms with Crippen LogP contribution in [0, 0.1) is 0 Å². The molecule has 0 aromatic rings. The minimum atomic E-state index is -1.85. The number of rotatable bonds is 0. The van der Waals surface area contributed by atoms with Crippen molar-refractivity contribution in [2.75, 3.05) is 0 Å². The summed E-state index contributed by atoms with van der Waals surface area (Å²) in [5.74, 6) is 0. The SMILES string of the molecule is [Cl][Pt]([Cl])[Cl].[NH2-]. The van der Waals surface area contributed by atoms with Gasteiger partial charge in [-0.05, 0) is 0 Å². The van der Waals surface area contributed by atoms with Gasteiger partial charge in [0.15, 0.2) is 0 Å². The summed E-state index contributed by atoms with van der Waals surface area (Å²) in [7, 11) is 14.9. The van der Waals surface area contributed by atoms with E-state index < -0.39 is 14.2 Å². The van der Waals surface area contributed by atoms with Crippen molar-refractivity contribution in [1.82, 2.24) is 0 Å². The average molecular weight is 317 g/mol. The summed E-state index contributed by atoms with van der Waals surface area (Å²) >= 11 is -1.85. The van der Waals surface area contributed by atoms with E-state index in [-0.39, 0.29) is 6.15 Å². The van der Waals surface area contributed by atoms with Crippen LogP contribution in [0.3, 0.4) is 0 Å². The van der Waals surface area contributed by atoms with E-state index in [1.54, 1.807) is 0 Å². The molecule has 0 saturated carbocycles. The van der Waals surface area contributed by atoms with Crippen molar-refractivity contribution in [1.29, 1.82) is 0 Å². The fourth-order valence-corrected chi connectivity index (χ4v) is 0. The number of hydrogen-bond donors (Lipinski definition) is 0. The van der Waals surface area contributed by atoms with E-state index in [0.29, 0.717) is 0 Å². The summed E-state index contributed by atoms with van der Waals surface area (Å²) in [6.45, 7) is 0. The zero-order chi connectivity index (χ0) is 3.58. The maximum Gasteiger partial charge on any atom is -0.693 e. The van der Waals surface area contributed by atoms with Crippen molar-refractivity contribution < 1.29 is 14.2 Å². The minimum absolute atomic E-state index is 0. The molecule has 0 unspecified atom stereocenters. The summed E-state index contributed by atoms with van der Waals surface area (Å²) < 4.78 is 0. The molecule has 0 atom stereocenters. The minimum Gasteiger partial charge on any atom is -0.693 e. The van der Waals surface area contributed by atoms with Crippen LogP contribution in [0.5, 0.6) is 0 Å². The van der Waals surface area contributed by atoms with Crippen molar-refractivity contribution in [3.63, 3.8) is 0 Å². The Morgan fingerprint density at radius 1 is 1.00 bits per heavy atom. The molecule has 0 fully saturated rings. The molecule has 0 aliphatic rings. The molecule has 0 bridgehead atoms. The van der Waals surface area contributed by atoms with Gasteiger partial charge in [0.1, 0.15) is 0 Å². The Kier molecular flexibility index (Phi) is 10.7. The topological polar surface area (TPSA) is 33.5 Å². The maximum absolute atomic E-state index is 4.96. The third-order valence-corrected chi connectivity index (χ3v) is 0. The van der Waals surface area contributed by atoms with E-state index in [1.165, 1.54) is 0 Å². The molecule has 0 rings (SSSR count). The van der Waals surface area contributed by atoms with Gasteiger partial charge in [-0.1, -0.05) is 0 Å². The molecule has 0 aromatic carbocycles. The second-order valence-electron chi connectivity index (χ2n) is 0.136. The Morgan fingerprint density at radius 2 is 1.00 bits per heavy atom. The predicted octanol–water partition coefficient (Wildman–Crippen LogP) is 2.78. The Hall–Kier alpha value is 1.52. The van der Waals surface area contributed by atoms with Crippen LogP contribution >= 0.6 is 28.3 Å². The molecule has 0 saturated heterocycles. The first-order chi connectivity index (χ1) is 1.73. The number of halogens is 3. The van der Waals surface area contributed by atoms with E-state index in [4.69, 9.17) is 28.3 Å². The van der Waals surface area contributed by atoms with Gasteiger partial charge < -0.3 is 6.15 Å². The summed E-state index contributed by atoms with van der Waals surface area (Å²) in [5, 5.41) is 0. The van der Waals surface area contributed by atoms with Crippen LogP contribution in [-0.2, 0) is 14.2 Å². The average Bonchev–Trinajstić information content (AvgIpc) is 0.811. The van der Waals surface area contributed by atoms with Gasteiger partial charge in [0.05, 0.1) is 0 Å². The van der Waals surface area contributed by atoms with Crippen molar-refractivity contribution in [3.05, 3.63) is 6.15 Å². The zero-order valence-corrected chi connectivity index (χ0v) is 6.57. The largest absolute Gasteiger partial charge is 0.693 e. The van der Waals surface area contributed by atoms with E-state index in [0.717, 1.165) is 0 Å². The first-order valence-electron chi connectivity index (χ1n) is 0.359. The van der Waals surface area contributed by atoms with Gasteiger partial charge in [-0.25, -0.2) is 0 Å². The van der Waals surface area contributed by atoms with Gasteiger partial charge in [0, 0.05) is 0 Å². The Balaban J connectivity index is 0. The maximum atomic E-state index is 4.96. The van der Waals surface area contributed by atoms with Crippen LogP contribution in [0.25, 0.3) is 6.15 Å². The van der Waals surface area contributed by atoms with Gasteiger partial charge in [0.2, 0.25) is 0 Å². The number of nitrogens with two attached hydrogens (primary N) is 1. The fourth-order valence-electron chi connectivity index (χ4n) is 0. The third kappa shape index (κ3) is 29.6. The van der Waals surface area contributed by atoms with Crippen LogP contribution < -0.4 is 0 Å². The van der Waals surface area contributed by atoms with Crippen molar-refractivity contribution >= 4 is 28.3 Å². The van der Waals surface area contributed by atoms with Gasteiger partial charge in [-0.3, -0.25) is 0 Å². The summed E-state index contributed by atoms with van der Waals surface area (Å²) in [5.41, 5.74) is 0. The van der Waals surface area contributed by atoms with Crippen molar-refractivity contribution in [2.24, 2.45) is 0 Å². The fraction of sp³-hybridized carbons (Fsp3) is 0. The van der Waals surface area contributed by atoms with Crippen LogP contribution in [0.1, 0.15) is 0 Å².